The summed E-state index contributed by atoms with van der Waals surface area (Å²) in [7, 11) is 0. The molecule has 0 heterocycles. The highest BCUT2D eigenvalue weighted by Crippen LogP contribution is 2.20. The first-order valence-corrected chi connectivity index (χ1v) is 7.67. The summed E-state index contributed by atoms with van der Waals surface area (Å²) >= 11 is 0. The summed E-state index contributed by atoms with van der Waals surface area (Å²) in [4.78, 5) is 46.0. The van der Waals surface area contributed by atoms with E-state index in [0.717, 1.165) is 6.92 Å². The number of nitrogens with zero attached hydrogens (tertiary/aromatic N) is 2. The Morgan fingerprint density at radius 1 is 0.926 bits per heavy atom. The number of carboxylic acids is 2. The molecule has 0 aliphatic heterocycles. The van der Waals surface area contributed by atoms with Crippen LogP contribution in [0.2, 0.25) is 0 Å². The average Bonchev–Trinajstić information content (AvgIpc) is 2.62. The standard InChI is InChI=1S/C18H15N3O6/c1-10(22)15(21-20-14-5-3-2-4-13(14)18(26)27)16(23)19-12-8-6-11(7-9-12)17(24)25/h2-9,15H,1H3,(H,19,23)(H,24,25)(H,26,27). The molecular weight excluding hydrogens is 354 g/mol. The van der Waals surface area contributed by atoms with Gasteiger partial charge < -0.3 is 15.5 Å². The highest BCUT2D eigenvalue weighted by molar-refractivity contribution is 6.10. The number of amides is 1. The lowest BCUT2D eigenvalue weighted by atomic mass is 10.1. The van der Waals surface area contributed by atoms with E-state index in [-0.39, 0.29) is 22.5 Å². The van der Waals surface area contributed by atoms with Gasteiger partial charge in [0.1, 0.15) is 0 Å². The molecule has 2 aromatic rings. The van der Waals surface area contributed by atoms with Crippen molar-refractivity contribution in [1.82, 2.24) is 0 Å². The van der Waals surface area contributed by atoms with Crippen LogP contribution >= 0.6 is 0 Å². The second-order valence-electron chi connectivity index (χ2n) is 5.42. The highest BCUT2D eigenvalue weighted by atomic mass is 16.4. The predicted molar refractivity (Wildman–Crippen MR) is 94.4 cm³/mol. The van der Waals surface area contributed by atoms with E-state index >= 15 is 0 Å². The number of hydrogen-bond donors (Lipinski definition) is 3. The smallest absolute Gasteiger partial charge is 0.337 e. The Morgan fingerprint density at radius 3 is 2.11 bits per heavy atom. The lowest BCUT2D eigenvalue weighted by Gasteiger charge is -2.09. The van der Waals surface area contributed by atoms with Crippen molar-refractivity contribution in [2.24, 2.45) is 10.2 Å². The number of rotatable bonds is 7. The third-order valence-electron chi connectivity index (χ3n) is 3.45. The first kappa shape index (κ1) is 19.4. The maximum Gasteiger partial charge on any atom is 0.337 e. The third kappa shape index (κ3) is 5.05. The minimum atomic E-state index is -1.48. The molecule has 0 bridgehead atoms. The van der Waals surface area contributed by atoms with Gasteiger partial charge in [-0.3, -0.25) is 9.59 Å². The summed E-state index contributed by atoms with van der Waals surface area (Å²) in [6.45, 7) is 1.15. The Morgan fingerprint density at radius 2 is 1.56 bits per heavy atom. The number of benzene rings is 2. The first-order valence-electron chi connectivity index (χ1n) is 7.67. The van der Waals surface area contributed by atoms with Crippen LogP contribution in [0.1, 0.15) is 27.6 Å². The Bertz CT molecular complexity index is 921. The molecule has 0 saturated carbocycles. The average molecular weight is 369 g/mol. The van der Waals surface area contributed by atoms with E-state index in [4.69, 9.17) is 10.2 Å². The summed E-state index contributed by atoms with van der Waals surface area (Å²) in [5.41, 5.74) is 0.210. The fraction of sp³-hybridized carbons (Fsp3) is 0.111. The lowest BCUT2D eigenvalue weighted by molar-refractivity contribution is -0.126. The van der Waals surface area contributed by atoms with Crippen molar-refractivity contribution in [3.05, 3.63) is 59.7 Å². The van der Waals surface area contributed by atoms with Crippen molar-refractivity contribution in [2.75, 3.05) is 5.32 Å². The number of carbonyl (C=O) groups is 4. The summed E-state index contributed by atoms with van der Waals surface area (Å²) in [6.07, 6.45) is 0. The van der Waals surface area contributed by atoms with Gasteiger partial charge in [-0.2, -0.15) is 10.2 Å². The van der Waals surface area contributed by atoms with Gasteiger partial charge in [0, 0.05) is 5.69 Å². The molecule has 0 aliphatic rings. The Balaban J connectivity index is 2.19. The molecule has 1 atom stereocenters. The van der Waals surface area contributed by atoms with Gasteiger partial charge >= 0.3 is 11.9 Å². The second-order valence-corrected chi connectivity index (χ2v) is 5.42. The van der Waals surface area contributed by atoms with Crippen molar-refractivity contribution in [2.45, 2.75) is 13.0 Å². The zero-order chi connectivity index (χ0) is 20.0. The van der Waals surface area contributed by atoms with E-state index in [2.05, 4.69) is 15.5 Å². The molecule has 27 heavy (non-hydrogen) atoms. The predicted octanol–water partition coefficient (Wildman–Crippen LogP) is 2.76. The molecule has 9 heteroatoms. The molecule has 0 radical (unpaired) electrons. The Kier molecular flexibility index (Phi) is 6.10. The van der Waals surface area contributed by atoms with Crippen LogP contribution in [0, 0.1) is 0 Å². The summed E-state index contributed by atoms with van der Waals surface area (Å²) in [5.74, 6) is -3.69. The number of aromatic carboxylic acids is 2. The number of azo groups is 1. The maximum atomic E-state index is 12.3. The zero-order valence-corrected chi connectivity index (χ0v) is 14.1. The van der Waals surface area contributed by atoms with Crippen LogP contribution in [0.3, 0.4) is 0 Å². The number of hydrogen-bond acceptors (Lipinski definition) is 6. The molecule has 0 aromatic heterocycles. The van der Waals surface area contributed by atoms with Crippen molar-refractivity contribution >= 4 is 35.0 Å². The first-order chi connectivity index (χ1) is 12.8. The molecule has 0 aliphatic carbocycles. The molecule has 3 N–H and O–H groups in total. The van der Waals surface area contributed by atoms with Gasteiger partial charge in [-0.05, 0) is 43.3 Å². The van der Waals surface area contributed by atoms with Crippen molar-refractivity contribution in [1.29, 1.82) is 0 Å². The van der Waals surface area contributed by atoms with E-state index in [1.54, 1.807) is 6.07 Å². The van der Waals surface area contributed by atoms with Gasteiger partial charge in [-0.1, -0.05) is 12.1 Å². The Hall–Kier alpha value is -3.88. The second kappa shape index (κ2) is 8.48. The van der Waals surface area contributed by atoms with E-state index < -0.39 is 29.7 Å². The molecule has 1 unspecified atom stereocenters. The molecule has 0 saturated heterocycles. The normalized spacial score (nSPS) is 11.7. The van der Waals surface area contributed by atoms with Crippen LogP contribution in [-0.2, 0) is 9.59 Å². The molecule has 2 aromatic carbocycles. The minimum Gasteiger partial charge on any atom is -0.478 e. The summed E-state index contributed by atoms with van der Waals surface area (Å²) in [5, 5.41) is 27.8. The number of anilines is 1. The molecule has 1 amide bonds. The summed E-state index contributed by atoms with van der Waals surface area (Å²) in [6, 6.07) is 9.63. The van der Waals surface area contributed by atoms with Gasteiger partial charge in [-0.15, -0.1) is 0 Å². The van der Waals surface area contributed by atoms with Crippen molar-refractivity contribution in [3.63, 3.8) is 0 Å². The number of nitrogens with one attached hydrogen (secondary N) is 1. The van der Waals surface area contributed by atoms with E-state index in [9.17, 15) is 19.2 Å². The van der Waals surface area contributed by atoms with Crippen LogP contribution in [-0.4, -0.2) is 39.9 Å². The minimum absolute atomic E-state index is 0.00913. The molecule has 9 nitrogen and oxygen atoms in total. The molecule has 138 valence electrons. The van der Waals surface area contributed by atoms with Crippen LogP contribution in [0.25, 0.3) is 0 Å². The number of ketones is 1. The summed E-state index contributed by atoms with van der Waals surface area (Å²) < 4.78 is 0. The zero-order valence-electron chi connectivity index (χ0n) is 14.1. The van der Waals surface area contributed by atoms with Crippen molar-refractivity contribution < 1.29 is 29.4 Å². The number of carboxylic acid groups (broad SMARTS) is 2. The quantitative estimate of drug-likeness (QED) is 0.505. The van der Waals surface area contributed by atoms with Crippen LogP contribution in [0.4, 0.5) is 11.4 Å². The van der Waals surface area contributed by atoms with Gasteiger partial charge in [-0.25, -0.2) is 9.59 Å². The molecule has 2 rings (SSSR count). The van der Waals surface area contributed by atoms with Crippen LogP contribution in [0.5, 0.6) is 0 Å². The van der Waals surface area contributed by atoms with Gasteiger partial charge in [0.15, 0.2) is 5.78 Å². The maximum absolute atomic E-state index is 12.3. The van der Waals surface area contributed by atoms with Crippen molar-refractivity contribution in [3.8, 4) is 0 Å². The molecular formula is C18H15N3O6. The highest BCUT2D eigenvalue weighted by Gasteiger charge is 2.23. The van der Waals surface area contributed by atoms with Gasteiger partial charge in [0.2, 0.25) is 6.04 Å². The Labute approximate surface area is 153 Å². The number of Topliss-reactive ketones (excluding diaryl/α,β-unsaturated/α-hetero) is 1. The fourth-order valence-electron chi connectivity index (χ4n) is 2.09. The monoisotopic (exact) mass is 369 g/mol. The lowest BCUT2D eigenvalue weighted by Crippen LogP contribution is -2.31. The molecule has 0 fully saturated rings. The largest absolute Gasteiger partial charge is 0.478 e. The third-order valence-corrected chi connectivity index (χ3v) is 3.45. The van der Waals surface area contributed by atoms with Gasteiger partial charge in [0.25, 0.3) is 5.91 Å². The molecule has 0 spiro atoms. The van der Waals surface area contributed by atoms with E-state index in [1.165, 1.54) is 42.5 Å². The van der Waals surface area contributed by atoms with Crippen LogP contribution < -0.4 is 5.32 Å². The van der Waals surface area contributed by atoms with E-state index in [0.29, 0.717) is 0 Å². The fourth-order valence-corrected chi connectivity index (χ4v) is 2.09. The van der Waals surface area contributed by atoms with E-state index in [1.807, 2.05) is 0 Å². The van der Waals surface area contributed by atoms with Gasteiger partial charge in [0.05, 0.1) is 16.8 Å². The SMILES string of the molecule is CC(=O)C(N=Nc1ccccc1C(=O)O)C(=O)Nc1ccc(C(=O)O)cc1. The number of carbonyl (C=O) groups excluding carboxylic acids is 2. The van der Waals surface area contributed by atoms with Crippen LogP contribution in [0.15, 0.2) is 58.8 Å². The topological polar surface area (TPSA) is 145 Å².